The van der Waals surface area contributed by atoms with Crippen molar-refractivity contribution in [3.63, 3.8) is 0 Å². The lowest BCUT2D eigenvalue weighted by Crippen LogP contribution is -2.63. The van der Waals surface area contributed by atoms with E-state index < -0.39 is 17.5 Å². The predicted molar refractivity (Wildman–Crippen MR) is 97.3 cm³/mol. The number of fused-ring (bicyclic) bond motifs is 3. The van der Waals surface area contributed by atoms with E-state index in [2.05, 4.69) is 15.6 Å². The lowest BCUT2D eigenvalue weighted by molar-refractivity contribution is -0.136. The van der Waals surface area contributed by atoms with Gasteiger partial charge in [-0.3, -0.25) is 19.0 Å². The van der Waals surface area contributed by atoms with Crippen molar-refractivity contribution in [1.29, 1.82) is 0 Å². The molecule has 1 saturated heterocycles. The van der Waals surface area contributed by atoms with Crippen LogP contribution < -0.4 is 16.2 Å². The topological polar surface area (TPSA) is 93.1 Å². The van der Waals surface area contributed by atoms with Crippen LogP contribution in [-0.4, -0.2) is 21.4 Å². The fraction of sp³-hybridized carbons (Fsp3) is 0.200. The summed E-state index contributed by atoms with van der Waals surface area (Å²) in [6, 6.07) is 13.1. The molecule has 2 N–H and O–H groups in total. The number of para-hydroxylation sites is 2. The van der Waals surface area contributed by atoms with Gasteiger partial charge in [0, 0.05) is 5.69 Å². The van der Waals surface area contributed by atoms with Crippen LogP contribution in [0.3, 0.4) is 0 Å². The molecule has 3 aromatic rings. The molecule has 27 heavy (non-hydrogen) atoms. The maximum absolute atomic E-state index is 13.1. The Morgan fingerprint density at radius 1 is 1.04 bits per heavy atom. The highest BCUT2D eigenvalue weighted by molar-refractivity contribution is 6.08. The van der Waals surface area contributed by atoms with Crippen molar-refractivity contribution >= 4 is 28.4 Å². The molecule has 1 fully saturated rings. The van der Waals surface area contributed by atoms with Crippen molar-refractivity contribution in [2.45, 2.75) is 23.9 Å². The molecule has 7 nitrogen and oxygen atoms in total. The fourth-order valence-corrected chi connectivity index (χ4v) is 4.87. The first-order valence-corrected chi connectivity index (χ1v) is 8.84. The summed E-state index contributed by atoms with van der Waals surface area (Å²) in [7, 11) is 0. The Morgan fingerprint density at radius 3 is 2.70 bits per heavy atom. The lowest BCUT2D eigenvalue weighted by atomic mass is 9.65. The van der Waals surface area contributed by atoms with Gasteiger partial charge in [0.15, 0.2) is 0 Å². The van der Waals surface area contributed by atoms with E-state index in [1.54, 1.807) is 18.2 Å². The van der Waals surface area contributed by atoms with Crippen molar-refractivity contribution in [2.24, 2.45) is 0 Å². The fourth-order valence-electron chi connectivity index (χ4n) is 4.87. The minimum atomic E-state index is -0.947. The summed E-state index contributed by atoms with van der Waals surface area (Å²) in [5, 5.41) is 6.36. The molecule has 2 aromatic carbocycles. The zero-order valence-corrected chi connectivity index (χ0v) is 14.1. The Kier molecular flexibility index (Phi) is 2.51. The van der Waals surface area contributed by atoms with E-state index in [4.69, 9.17) is 0 Å². The first-order valence-electron chi connectivity index (χ1n) is 8.84. The van der Waals surface area contributed by atoms with Crippen LogP contribution in [0.15, 0.2) is 53.3 Å². The number of anilines is 1. The number of hydrogen-bond acceptors (Lipinski definition) is 4. The number of carbonyl (C=O) groups excluding carboxylic acids is 2. The molecule has 4 aliphatic heterocycles. The van der Waals surface area contributed by atoms with Gasteiger partial charge in [0.05, 0.1) is 10.9 Å². The minimum absolute atomic E-state index is 0.160. The molecule has 7 rings (SSSR count). The second-order valence-electron chi connectivity index (χ2n) is 7.29. The molecular weight excluding hydrogens is 344 g/mol. The Labute approximate surface area is 153 Å². The second-order valence-corrected chi connectivity index (χ2v) is 7.29. The van der Waals surface area contributed by atoms with Crippen LogP contribution in [0.4, 0.5) is 5.69 Å². The normalized spacial score (nSPS) is 27.4. The van der Waals surface area contributed by atoms with E-state index in [0.29, 0.717) is 16.7 Å². The zero-order valence-electron chi connectivity index (χ0n) is 14.1. The molecule has 4 aliphatic rings. The van der Waals surface area contributed by atoms with E-state index in [-0.39, 0.29) is 23.8 Å². The maximum atomic E-state index is 13.1. The number of nitrogens with one attached hydrogen (secondary N) is 2. The number of piperidine rings is 1. The summed E-state index contributed by atoms with van der Waals surface area (Å²) in [4.78, 5) is 43.5. The summed E-state index contributed by atoms with van der Waals surface area (Å²) in [6.07, 6.45) is 0.249. The van der Waals surface area contributed by atoms with Crippen molar-refractivity contribution < 1.29 is 9.59 Å². The van der Waals surface area contributed by atoms with E-state index >= 15 is 0 Å². The van der Waals surface area contributed by atoms with Gasteiger partial charge in [-0.2, -0.15) is 0 Å². The highest BCUT2D eigenvalue weighted by Crippen LogP contribution is 2.55. The standard InChI is InChI=1S/C20H14N4O3/c25-17-14-9-20(11-6-2-4-8-13(11)22-19(20)27)15(23-17)16-21-12-7-3-1-5-10(12)18(26)24(14)16/h1-8,14-15H,9H2,(H,22,27)(H,23,25). The second kappa shape index (κ2) is 4.62. The van der Waals surface area contributed by atoms with Crippen molar-refractivity contribution in [3.05, 3.63) is 70.3 Å². The molecule has 0 radical (unpaired) electrons. The molecule has 2 amide bonds. The first-order chi connectivity index (χ1) is 13.1. The van der Waals surface area contributed by atoms with Gasteiger partial charge in [0.1, 0.15) is 23.3 Å². The third-order valence-electron chi connectivity index (χ3n) is 6.06. The van der Waals surface area contributed by atoms with Crippen LogP contribution in [-0.2, 0) is 15.0 Å². The molecular formula is C20H14N4O3. The van der Waals surface area contributed by atoms with Crippen molar-refractivity contribution in [2.75, 3.05) is 5.32 Å². The quantitative estimate of drug-likeness (QED) is 0.635. The first kappa shape index (κ1) is 14.7. The van der Waals surface area contributed by atoms with E-state index in [1.165, 1.54) is 4.57 Å². The summed E-state index contributed by atoms with van der Waals surface area (Å²) < 4.78 is 1.48. The highest BCUT2D eigenvalue weighted by atomic mass is 16.2. The average molecular weight is 358 g/mol. The Bertz CT molecular complexity index is 1250. The molecule has 132 valence electrons. The number of rotatable bonds is 0. The van der Waals surface area contributed by atoms with Gasteiger partial charge in [-0.05, 0) is 30.2 Å². The molecule has 1 aromatic heterocycles. The number of carbonyl (C=O) groups is 2. The molecule has 2 bridgehead atoms. The van der Waals surface area contributed by atoms with Crippen LogP contribution >= 0.6 is 0 Å². The number of hydrogen-bond donors (Lipinski definition) is 2. The van der Waals surface area contributed by atoms with Gasteiger partial charge in [0.2, 0.25) is 11.8 Å². The number of nitrogens with zero attached hydrogens (tertiary/aromatic N) is 2. The van der Waals surface area contributed by atoms with Gasteiger partial charge in [-0.25, -0.2) is 4.98 Å². The summed E-state index contributed by atoms with van der Waals surface area (Å²) in [6.45, 7) is 0. The molecule has 0 aliphatic carbocycles. The van der Waals surface area contributed by atoms with Crippen LogP contribution in [0.5, 0.6) is 0 Å². The number of aromatic nitrogens is 2. The van der Waals surface area contributed by atoms with Gasteiger partial charge in [-0.1, -0.05) is 30.3 Å². The van der Waals surface area contributed by atoms with E-state index in [1.807, 2.05) is 30.3 Å². The summed E-state index contributed by atoms with van der Waals surface area (Å²) >= 11 is 0. The van der Waals surface area contributed by atoms with Crippen LogP contribution in [0, 0.1) is 0 Å². The van der Waals surface area contributed by atoms with E-state index in [9.17, 15) is 14.4 Å². The smallest absolute Gasteiger partial charge is 0.262 e. The minimum Gasteiger partial charge on any atom is -0.343 e. The summed E-state index contributed by atoms with van der Waals surface area (Å²) in [5.74, 6) is 0.0447. The van der Waals surface area contributed by atoms with Gasteiger partial charge in [-0.15, -0.1) is 0 Å². The lowest BCUT2D eigenvalue weighted by Gasteiger charge is -2.48. The number of benzene rings is 2. The zero-order chi connectivity index (χ0) is 18.3. The van der Waals surface area contributed by atoms with Crippen LogP contribution in [0.1, 0.15) is 29.9 Å². The highest BCUT2D eigenvalue weighted by Gasteiger charge is 2.62. The van der Waals surface area contributed by atoms with Crippen LogP contribution in [0.2, 0.25) is 0 Å². The molecule has 3 unspecified atom stereocenters. The van der Waals surface area contributed by atoms with Crippen LogP contribution in [0.25, 0.3) is 10.9 Å². The Balaban J connectivity index is 1.69. The molecule has 3 atom stereocenters. The average Bonchev–Trinajstić information content (AvgIpc) is 2.95. The third kappa shape index (κ3) is 1.58. The Hall–Kier alpha value is -3.48. The monoisotopic (exact) mass is 358 g/mol. The largest absolute Gasteiger partial charge is 0.343 e. The Morgan fingerprint density at radius 2 is 1.81 bits per heavy atom. The van der Waals surface area contributed by atoms with Crippen molar-refractivity contribution in [3.8, 4) is 0 Å². The van der Waals surface area contributed by atoms with Crippen molar-refractivity contribution in [1.82, 2.24) is 14.9 Å². The SMILES string of the molecule is O=C1NC2c3nc4ccccc4c(=O)n3C1CC21C(=O)Nc2ccccc21. The van der Waals surface area contributed by atoms with Gasteiger partial charge >= 0.3 is 0 Å². The maximum Gasteiger partial charge on any atom is 0.262 e. The molecule has 7 heteroatoms. The predicted octanol–water partition coefficient (Wildman–Crippen LogP) is 1.40. The molecule has 5 heterocycles. The number of amides is 2. The van der Waals surface area contributed by atoms with Gasteiger partial charge in [0.25, 0.3) is 5.56 Å². The molecule has 1 spiro atoms. The van der Waals surface area contributed by atoms with E-state index in [0.717, 1.165) is 11.3 Å². The summed E-state index contributed by atoms with van der Waals surface area (Å²) in [5.41, 5.74) is 0.980. The molecule has 0 saturated carbocycles. The van der Waals surface area contributed by atoms with Gasteiger partial charge < -0.3 is 10.6 Å². The third-order valence-corrected chi connectivity index (χ3v) is 6.06.